The zero-order valence-electron chi connectivity index (χ0n) is 10.1. The molecule has 0 aromatic heterocycles. The predicted octanol–water partition coefficient (Wildman–Crippen LogP) is 3.33. The monoisotopic (exact) mass is 242 g/mol. The molecule has 0 aliphatic rings. The number of para-hydroxylation sites is 1. The largest absolute Gasteiger partial charge is 0.362 e. The number of hydrogen-bond donors (Lipinski definition) is 0. The first-order valence-electron chi connectivity index (χ1n) is 5.76. The van der Waals surface area contributed by atoms with Gasteiger partial charge in [0.05, 0.1) is 5.92 Å². The fourth-order valence-corrected chi connectivity index (χ4v) is 1.52. The lowest BCUT2D eigenvalue weighted by Crippen LogP contribution is -2.15. The SMILES string of the molecule is CC(C(=O)OOc1ccccc1)c1ccccc1. The molecule has 1 unspecified atom stereocenters. The second-order valence-corrected chi connectivity index (χ2v) is 3.93. The molecule has 0 saturated heterocycles. The van der Waals surface area contributed by atoms with E-state index in [-0.39, 0.29) is 5.92 Å². The van der Waals surface area contributed by atoms with Crippen LogP contribution >= 0.6 is 0 Å². The predicted molar refractivity (Wildman–Crippen MR) is 68.0 cm³/mol. The molecular weight excluding hydrogens is 228 g/mol. The highest BCUT2D eigenvalue weighted by Gasteiger charge is 2.18. The standard InChI is InChI=1S/C15H14O3/c1-12(13-8-4-2-5-9-13)15(16)18-17-14-10-6-3-7-11-14/h2-12H,1H3. The zero-order valence-corrected chi connectivity index (χ0v) is 10.1. The molecule has 18 heavy (non-hydrogen) atoms. The van der Waals surface area contributed by atoms with Crippen molar-refractivity contribution in [1.29, 1.82) is 0 Å². The molecule has 0 aliphatic carbocycles. The van der Waals surface area contributed by atoms with E-state index in [4.69, 9.17) is 9.78 Å². The minimum atomic E-state index is -0.412. The van der Waals surface area contributed by atoms with Gasteiger partial charge in [-0.2, -0.15) is 0 Å². The van der Waals surface area contributed by atoms with Crippen molar-refractivity contribution in [2.24, 2.45) is 0 Å². The van der Waals surface area contributed by atoms with Gasteiger partial charge in [0, 0.05) is 0 Å². The highest BCUT2D eigenvalue weighted by atomic mass is 17.2. The summed E-state index contributed by atoms with van der Waals surface area (Å²) in [5, 5.41) is 0. The van der Waals surface area contributed by atoms with E-state index in [1.165, 1.54) is 0 Å². The summed E-state index contributed by atoms with van der Waals surface area (Å²) in [7, 11) is 0. The van der Waals surface area contributed by atoms with Crippen molar-refractivity contribution in [3.63, 3.8) is 0 Å². The third-order valence-corrected chi connectivity index (χ3v) is 2.62. The lowest BCUT2D eigenvalue weighted by molar-refractivity contribution is -0.215. The Balaban J connectivity index is 1.93. The third-order valence-electron chi connectivity index (χ3n) is 2.62. The average Bonchev–Trinajstić information content (AvgIpc) is 2.46. The minimum Gasteiger partial charge on any atom is -0.287 e. The van der Waals surface area contributed by atoms with Gasteiger partial charge < -0.3 is 0 Å². The first-order chi connectivity index (χ1) is 8.77. The Hall–Kier alpha value is -2.29. The number of carbonyl (C=O) groups excluding carboxylic acids is 1. The molecule has 0 fully saturated rings. The number of rotatable bonds is 4. The minimum absolute atomic E-state index is 0.352. The van der Waals surface area contributed by atoms with Gasteiger partial charge in [-0.3, -0.25) is 4.89 Å². The van der Waals surface area contributed by atoms with Crippen LogP contribution in [0, 0.1) is 0 Å². The number of hydrogen-bond acceptors (Lipinski definition) is 3. The summed E-state index contributed by atoms with van der Waals surface area (Å²) in [5.74, 6) is -0.258. The highest BCUT2D eigenvalue weighted by molar-refractivity contribution is 5.77. The van der Waals surface area contributed by atoms with Gasteiger partial charge in [0.2, 0.25) is 0 Å². The molecule has 3 nitrogen and oxygen atoms in total. The van der Waals surface area contributed by atoms with Crippen LogP contribution in [0.2, 0.25) is 0 Å². The fourth-order valence-electron chi connectivity index (χ4n) is 1.52. The Morgan fingerprint density at radius 1 is 0.944 bits per heavy atom. The van der Waals surface area contributed by atoms with Gasteiger partial charge in [-0.05, 0) is 24.6 Å². The summed E-state index contributed by atoms with van der Waals surface area (Å²) in [6.07, 6.45) is 0. The van der Waals surface area contributed by atoms with E-state index in [2.05, 4.69) is 0 Å². The Morgan fingerprint density at radius 3 is 2.11 bits per heavy atom. The Kier molecular flexibility index (Phi) is 3.97. The zero-order chi connectivity index (χ0) is 12.8. The maximum Gasteiger partial charge on any atom is 0.362 e. The van der Waals surface area contributed by atoms with Crippen LogP contribution in [0.3, 0.4) is 0 Å². The van der Waals surface area contributed by atoms with Crippen molar-refractivity contribution in [2.45, 2.75) is 12.8 Å². The van der Waals surface area contributed by atoms with Gasteiger partial charge >= 0.3 is 5.97 Å². The van der Waals surface area contributed by atoms with Crippen molar-refractivity contribution in [3.8, 4) is 5.75 Å². The summed E-state index contributed by atoms with van der Waals surface area (Å²) in [4.78, 5) is 21.5. The molecule has 2 aromatic carbocycles. The molecule has 0 amide bonds. The lowest BCUT2D eigenvalue weighted by atomic mass is 10.0. The molecule has 2 rings (SSSR count). The van der Waals surface area contributed by atoms with Crippen molar-refractivity contribution in [1.82, 2.24) is 0 Å². The molecule has 0 N–H and O–H groups in total. The molecule has 1 atom stereocenters. The molecule has 0 bridgehead atoms. The van der Waals surface area contributed by atoms with Crippen molar-refractivity contribution < 1.29 is 14.6 Å². The Labute approximate surface area is 106 Å². The second kappa shape index (κ2) is 5.87. The van der Waals surface area contributed by atoms with Crippen LogP contribution in [-0.2, 0) is 9.68 Å². The molecule has 92 valence electrons. The van der Waals surface area contributed by atoms with Gasteiger partial charge in [0.15, 0.2) is 5.75 Å². The van der Waals surface area contributed by atoms with E-state index >= 15 is 0 Å². The van der Waals surface area contributed by atoms with Gasteiger partial charge in [0.1, 0.15) is 0 Å². The topological polar surface area (TPSA) is 35.5 Å². The van der Waals surface area contributed by atoms with Crippen molar-refractivity contribution >= 4 is 5.97 Å². The smallest absolute Gasteiger partial charge is 0.287 e. The van der Waals surface area contributed by atoms with Crippen molar-refractivity contribution in [2.75, 3.05) is 0 Å². The summed E-state index contributed by atoms with van der Waals surface area (Å²) in [6.45, 7) is 1.78. The summed E-state index contributed by atoms with van der Waals surface area (Å²) >= 11 is 0. The van der Waals surface area contributed by atoms with Gasteiger partial charge in [-0.15, -0.1) is 0 Å². The van der Waals surface area contributed by atoms with E-state index in [9.17, 15) is 4.79 Å². The molecule has 0 aliphatic heterocycles. The Morgan fingerprint density at radius 2 is 1.50 bits per heavy atom. The van der Waals surface area contributed by atoms with Gasteiger partial charge in [-0.1, -0.05) is 48.5 Å². The fraction of sp³-hybridized carbons (Fsp3) is 0.133. The van der Waals surface area contributed by atoms with Crippen LogP contribution in [0.4, 0.5) is 0 Å². The maximum atomic E-state index is 11.8. The average molecular weight is 242 g/mol. The molecule has 0 saturated carbocycles. The van der Waals surface area contributed by atoms with E-state index in [1.807, 2.05) is 48.5 Å². The molecule has 3 heteroatoms. The molecular formula is C15H14O3. The van der Waals surface area contributed by atoms with Crippen LogP contribution < -0.4 is 4.89 Å². The quantitative estimate of drug-likeness (QED) is 0.609. The van der Waals surface area contributed by atoms with E-state index < -0.39 is 5.97 Å². The van der Waals surface area contributed by atoms with Crippen LogP contribution in [-0.4, -0.2) is 5.97 Å². The van der Waals surface area contributed by atoms with E-state index in [1.54, 1.807) is 19.1 Å². The normalized spacial score (nSPS) is 11.6. The van der Waals surface area contributed by atoms with Crippen molar-refractivity contribution in [3.05, 3.63) is 66.2 Å². The van der Waals surface area contributed by atoms with Crippen LogP contribution in [0.25, 0.3) is 0 Å². The molecule has 0 spiro atoms. The van der Waals surface area contributed by atoms with Crippen LogP contribution in [0.15, 0.2) is 60.7 Å². The Bertz CT molecular complexity index is 494. The first kappa shape index (κ1) is 12.2. The number of carbonyl (C=O) groups is 1. The summed E-state index contributed by atoms with van der Waals surface area (Å²) in [6, 6.07) is 18.4. The first-order valence-corrected chi connectivity index (χ1v) is 5.76. The van der Waals surface area contributed by atoms with Gasteiger partial charge in [0.25, 0.3) is 0 Å². The van der Waals surface area contributed by atoms with Crippen LogP contribution in [0.5, 0.6) is 5.75 Å². The summed E-state index contributed by atoms with van der Waals surface area (Å²) < 4.78 is 0. The summed E-state index contributed by atoms with van der Waals surface area (Å²) in [5.41, 5.74) is 0.902. The van der Waals surface area contributed by atoms with E-state index in [0.29, 0.717) is 5.75 Å². The maximum absolute atomic E-state index is 11.8. The van der Waals surface area contributed by atoms with Gasteiger partial charge in [-0.25, -0.2) is 9.68 Å². The lowest BCUT2D eigenvalue weighted by Gasteiger charge is -2.10. The molecule has 0 radical (unpaired) electrons. The highest BCUT2D eigenvalue weighted by Crippen LogP contribution is 2.17. The third kappa shape index (κ3) is 3.10. The van der Waals surface area contributed by atoms with E-state index in [0.717, 1.165) is 5.56 Å². The number of benzene rings is 2. The second-order valence-electron chi connectivity index (χ2n) is 3.93. The van der Waals surface area contributed by atoms with Crippen LogP contribution in [0.1, 0.15) is 18.4 Å². The molecule has 2 aromatic rings. The molecule has 0 heterocycles.